The first-order valence-corrected chi connectivity index (χ1v) is 5.18. The minimum atomic E-state index is -4.19. The minimum Gasteiger partial charge on any atom is -0.452 e. The molecule has 1 N–H and O–H groups in total. The van der Waals surface area contributed by atoms with E-state index in [4.69, 9.17) is 4.42 Å². The Morgan fingerprint density at radius 2 is 2.00 bits per heavy atom. The third-order valence-electron chi connectivity index (χ3n) is 1.32. The molecular weight excluding hydrogens is 331 g/mol. The predicted molar refractivity (Wildman–Crippen MR) is 51.9 cm³/mol. The topological polar surface area (TPSA) is 25.2 Å². The molecule has 0 aliphatic rings. The maximum absolute atomic E-state index is 11.7. The summed E-state index contributed by atoms with van der Waals surface area (Å²) in [6, 6.07) is 1.60. The molecule has 2 nitrogen and oxygen atoms in total. The Balaban J connectivity index is 2.39. The van der Waals surface area contributed by atoms with Gasteiger partial charge >= 0.3 is 6.18 Å². The summed E-state index contributed by atoms with van der Waals surface area (Å²) in [7, 11) is 0. The van der Waals surface area contributed by atoms with E-state index < -0.39 is 12.7 Å². The molecular formula is C7H6Br2F3NO. The molecule has 0 bridgehead atoms. The van der Waals surface area contributed by atoms with Gasteiger partial charge in [0.05, 0.1) is 17.6 Å². The highest BCUT2D eigenvalue weighted by Gasteiger charge is 2.26. The molecule has 1 rings (SSSR count). The molecule has 0 saturated heterocycles. The molecule has 0 unspecified atom stereocenters. The SMILES string of the molecule is FC(F)(F)CNCc1cc(Br)c(Br)o1. The van der Waals surface area contributed by atoms with Gasteiger partial charge in [-0.25, -0.2) is 0 Å². The van der Waals surface area contributed by atoms with Gasteiger partial charge in [0.25, 0.3) is 0 Å². The Morgan fingerprint density at radius 3 is 2.43 bits per heavy atom. The van der Waals surface area contributed by atoms with Crippen LogP contribution in [-0.2, 0) is 6.54 Å². The van der Waals surface area contributed by atoms with Crippen LogP contribution in [0.15, 0.2) is 19.6 Å². The van der Waals surface area contributed by atoms with Crippen molar-refractivity contribution in [2.45, 2.75) is 12.7 Å². The van der Waals surface area contributed by atoms with Crippen molar-refractivity contribution < 1.29 is 17.6 Å². The van der Waals surface area contributed by atoms with Crippen molar-refractivity contribution in [2.24, 2.45) is 0 Å². The lowest BCUT2D eigenvalue weighted by atomic mass is 10.4. The van der Waals surface area contributed by atoms with Crippen molar-refractivity contribution in [3.05, 3.63) is 21.0 Å². The summed E-state index contributed by atoms with van der Waals surface area (Å²) in [5, 5.41) is 2.22. The average molecular weight is 337 g/mol. The quantitative estimate of drug-likeness (QED) is 0.914. The van der Waals surface area contributed by atoms with Gasteiger partial charge in [0, 0.05) is 0 Å². The Kier molecular flexibility index (Phi) is 4.03. The van der Waals surface area contributed by atoms with Crippen molar-refractivity contribution in [3.63, 3.8) is 0 Å². The smallest absolute Gasteiger partial charge is 0.401 e. The monoisotopic (exact) mass is 335 g/mol. The fourth-order valence-corrected chi connectivity index (χ4v) is 1.46. The number of nitrogens with one attached hydrogen (secondary N) is 1. The molecule has 14 heavy (non-hydrogen) atoms. The molecule has 7 heteroatoms. The van der Waals surface area contributed by atoms with Gasteiger partial charge in [0.2, 0.25) is 0 Å². The molecule has 0 aromatic carbocycles. The predicted octanol–water partition coefficient (Wildman–Crippen LogP) is 3.46. The summed E-state index contributed by atoms with van der Waals surface area (Å²) in [5.41, 5.74) is 0. The van der Waals surface area contributed by atoms with Crippen LogP contribution >= 0.6 is 31.9 Å². The molecule has 0 atom stereocenters. The number of hydrogen-bond acceptors (Lipinski definition) is 2. The van der Waals surface area contributed by atoms with E-state index in [1.165, 1.54) is 0 Å². The number of halogens is 5. The van der Waals surface area contributed by atoms with Crippen LogP contribution in [-0.4, -0.2) is 12.7 Å². The van der Waals surface area contributed by atoms with Crippen LogP contribution < -0.4 is 5.32 Å². The van der Waals surface area contributed by atoms with E-state index in [0.29, 0.717) is 14.9 Å². The van der Waals surface area contributed by atoms with Crippen molar-refractivity contribution >= 4 is 31.9 Å². The zero-order valence-corrected chi connectivity index (χ0v) is 9.96. The van der Waals surface area contributed by atoms with Gasteiger partial charge in [0.15, 0.2) is 4.67 Å². The zero-order chi connectivity index (χ0) is 10.8. The van der Waals surface area contributed by atoms with Crippen LogP contribution in [0.25, 0.3) is 0 Å². The van der Waals surface area contributed by atoms with Crippen molar-refractivity contribution in [3.8, 4) is 0 Å². The molecule has 0 saturated carbocycles. The van der Waals surface area contributed by atoms with Gasteiger partial charge in [0.1, 0.15) is 5.76 Å². The number of alkyl halides is 3. The summed E-state index contributed by atoms with van der Waals surface area (Å²) in [4.78, 5) is 0. The average Bonchev–Trinajstić information content (AvgIpc) is 2.28. The van der Waals surface area contributed by atoms with Crippen LogP contribution in [0.2, 0.25) is 0 Å². The first-order valence-electron chi connectivity index (χ1n) is 3.59. The van der Waals surface area contributed by atoms with Crippen LogP contribution in [0.1, 0.15) is 5.76 Å². The fraction of sp³-hybridized carbons (Fsp3) is 0.429. The lowest BCUT2D eigenvalue weighted by Crippen LogP contribution is -2.28. The maximum Gasteiger partial charge on any atom is 0.401 e. The lowest BCUT2D eigenvalue weighted by molar-refractivity contribution is -0.125. The lowest BCUT2D eigenvalue weighted by Gasteiger charge is -2.05. The van der Waals surface area contributed by atoms with Crippen molar-refractivity contribution in [2.75, 3.05) is 6.54 Å². The van der Waals surface area contributed by atoms with E-state index >= 15 is 0 Å². The summed E-state index contributed by atoms with van der Waals surface area (Å²) >= 11 is 6.24. The van der Waals surface area contributed by atoms with Crippen LogP contribution in [0, 0.1) is 0 Å². The highest BCUT2D eigenvalue weighted by atomic mass is 79.9. The van der Waals surface area contributed by atoms with Crippen molar-refractivity contribution in [1.82, 2.24) is 5.32 Å². The summed E-state index contributed by atoms with van der Waals surface area (Å²) in [5.74, 6) is 0.438. The number of rotatable bonds is 3. The van der Waals surface area contributed by atoms with Crippen LogP contribution in [0.5, 0.6) is 0 Å². The summed E-state index contributed by atoms with van der Waals surface area (Å²) in [6.45, 7) is -0.980. The first kappa shape index (κ1) is 12.1. The van der Waals surface area contributed by atoms with Crippen molar-refractivity contribution in [1.29, 1.82) is 0 Å². The largest absolute Gasteiger partial charge is 0.452 e. The molecule has 0 aliphatic heterocycles. The Labute approximate surface area is 95.1 Å². The standard InChI is InChI=1S/C7H6Br2F3NO/c8-5-1-4(14-6(5)9)2-13-3-7(10,11)12/h1,13H,2-3H2. The second-order valence-electron chi connectivity index (χ2n) is 2.55. The van der Waals surface area contributed by atoms with Crippen LogP contribution in [0.3, 0.4) is 0 Å². The second-order valence-corrected chi connectivity index (χ2v) is 4.13. The van der Waals surface area contributed by atoms with Gasteiger partial charge in [-0.2, -0.15) is 13.2 Å². The Hall–Kier alpha value is -0.0100. The molecule has 1 heterocycles. The Morgan fingerprint density at radius 1 is 1.36 bits per heavy atom. The van der Waals surface area contributed by atoms with E-state index in [1.54, 1.807) is 6.07 Å². The third-order valence-corrected chi connectivity index (χ3v) is 3.03. The van der Waals surface area contributed by atoms with Gasteiger partial charge in [-0.1, -0.05) is 0 Å². The number of hydrogen-bond donors (Lipinski definition) is 1. The zero-order valence-electron chi connectivity index (χ0n) is 6.79. The van der Waals surface area contributed by atoms with E-state index in [0.717, 1.165) is 0 Å². The first-order chi connectivity index (χ1) is 6.38. The summed E-state index contributed by atoms with van der Waals surface area (Å²) < 4.78 is 41.4. The molecule has 1 aromatic rings. The fourth-order valence-electron chi connectivity index (χ4n) is 0.806. The molecule has 0 amide bonds. The maximum atomic E-state index is 11.7. The van der Waals surface area contributed by atoms with E-state index in [1.807, 2.05) is 0 Å². The molecule has 1 aromatic heterocycles. The second kappa shape index (κ2) is 4.67. The van der Waals surface area contributed by atoms with Gasteiger partial charge in [-0.15, -0.1) is 0 Å². The highest BCUT2D eigenvalue weighted by molar-refractivity contribution is 9.13. The Bertz CT molecular complexity index is 291. The molecule has 80 valence electrons. The van der Waals surface area contributed by atoms with E-state index in [9.17, 15) is 13.2 Å². The molecule has 0 radical (unpaired) electrons. The molecule has 0 fully saturated rings. The van der Waals surface area contributed by atoms with Gasteiger partial charge in [-0.05, 0) is 37.9 Å². The molecule has 0 spiro atoms. The number of furan rings is 1. The normalized spacial score (nSPS) is 12.1. The summed E-state index contributed by atoms with van der Waals surface area (Å²) in [6.07, 6.45) is -4.19. The minimum absolute atomic E-state index is 0.0453. The highest BCUT2D eigenvalue weighted by Crippen LogP contribution is 2.26. The van der Waals surface area contributed by atoms with Gasteiger partial charge < -0.3 is 9.73 Å². The van der Waals surface area contributed by atoms with E-state index in [-0.39, 0.29) is 6.54 Å². The molecule has 0 aliphatic carbocycles. The van der Waals surface area contributed by atoms with Crippen LogP contribution in [0.4, 0.5) is 13.2 Å². The van der Waals surface area contributed by atoms with Gasteiger partial charge in [-0.3, -0.25) is 0 Å². The van der Waals surface area contributed by atoms with E-state index in [2.05, 4.69) is 37.2 Å². The third kappa shape index (κ3) is 4.02.